The number of ether oxygens (including phenoxy) is 2. The number of hydrogen-bond acceptors (Lipinski definition) is 4. The first-order chi connectivity index (χ1) is 9.22. The molecule has 0 aliphatic carbocycles. The van der Waals surface area contributed by atoms with Crippen LogP contribution in [0.25, 0.3) is 0 Å². The normalized spacial score (nSPS) is 31.2. The molecule has 0 aromatic heterocycles. The maximum atomic E-state index is 6.07. The Labute approximate surface area is 114 Å². The number of anilines is 1. The molecular formula is C15H22N2O2. The van der Waals surface area contributed by atoms with Crippen LogP contribution in [0.1, 0.15) is 13.8 Å². The van der Waals surface area contributed by atoms with Gasteiger partial charge in [0.05, 0.1) is 24.9 Å². The third-order valence-corrected chi connectivity index (χ3v) is 3.88. The highest BCUT2D eigenvalue weighted by Gasteiger charge is 2.28. The fourth-order valence-electron chi connectivity index (χ4n) is 2.75. The minimum Gasteiger partial charge on any atom is -0.485 e. The predicted octanol–water partition coefficient (Wildman–Crippen LogP) is 1.97. The molecule has 1 saturated heterocycles. The minimum atomic E-state index is 0.211. The predicted molar refractivity (Wildman–Crippen MR) is 75.8 cm³/mol. The summed E-state index contributed by atoms with van der Waals surface area (Å²) in [5, 5.41) is 3.45. The number of nitrogens with zero attached hydrogens (tertiary/aromatic N) is 1. The molecule has 4 nitrogen and oxygen atoms in total. The largest absolute Gasteiger partial charge is 0.485 e. The Morgan fingerprint density at radius 2 is 2.16 bits per heavy atom. The van der Waals surface area contributed by atoms with Crippen LogP contribution in [0.5, 0.6) is 5.75 Å². The SMILES string of the molecule is CC1CN(CC2CNc3ccccc3O2)C(C)CO1. The van der Waals surface area contributed by atoms with Crippen molar-refractivity contribution >= 4 is 5.69 Å². The van der Waals surface area contributed by atoms with Crippen LogP contribution < -0.4 is 10.1 Å². The highest BCUT2D eigenvalue weighted by molar-refractivity contribution is 5.57. The van der Waals surface area contributed by atoms with Gasteiger partial charge >= 0.3 is 0 Å². The number of fused-ring (bicyclic) bond motifs is 1. The van der Waals surface area contributed by atoms with Gasteiger partial charge in [0.1, 0.15) is 11.9 Å². The molecule has 1 fully saturated rings. The fourth-order valence-corrected chi connectivity index (χ4v) is 2.75. The van der Waals surface area contributed by atoms with E-state index in [1.54, 1.807) is 0 Å². The molecule has 0 spiro atoms. The van der Waals surface area contributed by atoms with Gasteiger partial charge in [-0.3, -0.25) is 4.90 Å². The molecule has 1 aromatic rings. The molecule has 0 radical (unpaired) electrons. The summed E-state index contributed by atoms with van der Waals surface area (Å²) in [6, 6.07) is 8.60. The Kier molecular flexibility index (Phi) is 3.62. The molecule has 19 heavy (non-hydrogen) atoms. The van der Waals surface area contributed by atoms with Gasteiger partial charge in [-0.1, -0.05) is 12.1 Å². The van der Waals surface area contributed by atoms with Gasteiger partial charge in [-0.2, -0.15) is 0 Å². The average molecular weight is 262 g/mol. The van der Waals surface area contributed by atoms with E-state index in [0.717, 1.165) is 37.7 Å². The number of rotatable bonds is 2. The summed E-state index contributed by atoms with van der Waals surface area (Å²) in [5.74, 6) is 0.965. The molecule has 1 N–H and O–H groups in total. The lowest BCUT2D eigenvalue weighted by Gasteiger charge is -2.39. The number of nitrogens with one attached hydrogen (secondary N) is 1. The van der Waals surface area contributed by atoms with Crippen LogP contribution in [0.2, 0.25) is 0 Å². The van der Waals surface area contributed by atoms with E-state index in [0.29, 0.717) is 12.1 Å². The second kappa shape index (κ2) is 5.39. The van der Waals surface area contributed by atoms with Crippen LogP contribution >= 0.6 is 0 Å². The van der Waals surface area contributed by atoms with Crippen LogP contribution in [0.15, 0.2) is 24.3 Å². The highest BCUT2D eigenvalue weighted by Crippen LogP contribution is 2.28. The number of benzene rings is 1. The van der Waals surface area contributed by atoms with Gasteiger partial charge < -0.3 is 14.8 Å². The molecule has 0 saturated carbocycles. The van der Waals surface area contributed by atoms with Crippen molar-refractivity contribution in [3.8, 4) is 5.75 Å². The lowest BCUT2D eigenvalue weighted by Crippen LogP contribution is -2.52. The standard InChI is InChI=1S/C15H22N2O2/c1-11-10-18-12(2)8-17(11)9-13-7-16-14-5-3-4-6-15(14)19-13/h3-6,11-13,16H,7-10H2,1-2H3. The Hall–Kier alpha value is -1.26. The van der Waals surface area contributed by atoms with Crippen LogP contribution in [-0.2, 0) is 4.74 Å². The second-order valence-corrected chi connectivity index (χ2v) is 5.56. The Morgan fingerprint density at radius 3 is 3.05 bits per heavy atom. The van der Waals surface area contributed by atoms with Crippen molar-refractivity contribution in [1.82, 2.24) is 4.90 Å². The number of hydrogen-bond donors (Lipinski definition) is 1. The third-order valence-electron chi connectivity index (χ3n) is 3.88. The molecule has 3 atom stereocenters. The van der Waals surface area contributed by atoms with Gasteiger partial charge in [0.15, 0.2) is 0 Å². The number of para-hydroxylation sites is 2. The van der Waals surface area contributed by atoms with Gasteiger partial charge in [0.2, 0.25) is 0 Å². The maximum absolute atomic E-state index is 6.07. The van der Waals surface area contributed by atoms with Crippen molar-refractivity contribution < 1.29 is 9.47 Å². The van der Waals surface area contributed by atoms with Gasteiger partial charge in [-0.05, 0) is 26.0 Å². The topological polar surface area (TPSA) is 33.7 Å². The van der Waals surface area contributed by atoms with Gasteiger partial charge in [-0.25, -0.2) is 0 Å². The molecule has 2 aliphatic rings. The number of morpholine rings is 1. The van der Waals surface area contributed by atoms with Crippen molar-refractivity contribution in [3.05, 3.63) is 24.3 Å². The van der Waals surface area contributed by atoms with Crippen LogP contribution in [0, 0.1) is 0 Å². The van der Waals surface area contributed by atoms with Crippen LogP contribution in [-0.4, -0.2) is 49.4 Å². The molecule has 2 heterocycles. The molecule has 3 rings (SSSR count). The lowest BCUT2D eigenvalue weighted by molar-refractivity contribution is -0.0588. The average Bonchev–Trinajstić information content (AvgIpc) is 2.43. The Morgan fingerprint density at radius 1 is 1.32 bits per heavy atom. The molecule has 3 unspecified atom stereocenters. The Balaban J connectivity index is 1.62. The first kappa shape index (κ1) is 12.8. The van der Waals surface area contributed by atoms with E-state index in [-0.39, 0.29) is 6.10 Å². The van der Waals surface area contributed by atoms with E-state index < -0.39 is 0 Å². The zero-order valence-corrected chi connectivity index (χ0v) is 11.6. The quantitative estimate of drug-likeness (QED) is 0.883. The first-order valence-electron chi connectivity index (χ1n) is 7.07. The fraction of sp³-hybridized carbons (Fsp3) is 0.600. The molecule has 0 amide bonds. The van der Waals surface area contributed by atoms with Crippen molar-refractivity contribution in [2.24, 2.45) is 0 Å². The van der Waals surface area contributed by atoms with Crippen molar-refractivity contribution in [1.29, 1.82) is 0 Å². The molecule has 104 valence electrons. The van der Waals surface area contributed by atoms with Crippen molar-refractivity contribution in [2.75, 3.05) is 31.6 Å². The summed E-state index contributed by atoms with van der Waals surface area (Å²) < 4.78 is 11.7. The van der Waals surface area contributed by atoms with E-state index >= 15 is 0 Å². The minimum absolute atomic E-state index is 0.211. The van der Waals surface area contributed by atoms with Crippen LogP contribution in [0.3, 0.4) is 0 Å². The summed E-state index contributed by atoms with van der Waals surface area (Å²) in [6.45, 7) is 7.98. The molecular weight excluding hydrogens is 240 g/mol. The van der Waals surface area contributed by atoms with E-state index in [2.05, 4.69) is 30.1 Å². The molecule has 1 aromatic carbocycles. The summed E-state index contributed by atoms with van der Waals surface area (Å²) in [6.07, 6.45) is 0.530. The smallest absolute Gasteiger partial charge is 0.142 e. The molecule has 2 aliphatic heterocycles. The first-order valence-corrected chi connectivity index (χ1v) is 7.07. The second-order valence-electron chi connectivity index (χ2n) is 5.56. The summed E-state index contributed by atoms with van der Waals surface area (Å²) in [7, 11) is 0. The van der Waals surface area contributed by atoms with E-state index in [9.17, 15) is 0 Å². The van der Waals surface area contributed by atoms with E-state index in [1.807, 2.05) is 18.2 Å². The zero-order valence-electron chi connectivity index (χ0n) is 11.6. The Bertz CT molecular complexity index is 438. The van der Waals surface area contributed by atoms with Crippen LogP contribution in [0.4, 0.5) is 5.69 Å². The van der Waals surface area contributed by atoms with Gasteiger partial charge in [0, 0.05) is 19.1 Å². The zero-order chi connectivity index (χ0) is 13.2. The van der Waals surface area contributed by atoms with E-state index in [1.165, 1.54) is 0 Å². The summed E-state index contributed by atoms with van der Waals surface area (Å²) in [5.41, 5.74) is 1.10. The van der Waals surface area contributed by atoms with Crippen molar-refractivity contribution in [2.45, 2.75) is 32.1 Å². The van der Waals surface area contributed by atoms with E-state index in [4.69, 9.17) is 9.47 Å². The maximum Gasteiger partial charge on any atom is 0.142 e. The summed E-state index contributed by atoms with van der Waals surface area (Å²) >= 11 is 0. The molecule has 4 heteroatoms. The van der Waals surface area contributed by atoms with Crippen molar-refractivity contribution in [3.63, 3.8) is 0 Å². The lowest BCUT2D eigenvalue weighted by atomic mass is 10.1. The third kappa shape index (κ3) is 2.85. The van der Waals surface area contributed by atoms with Gasteiger partial charge in [0.25, 0.3) is 0 Å². The highest BCUT2D eigenvalue weighted by atomic mass is 16.5. The summed E-state index contributed by atoms with van der Waals surface area (Å²) in [4.78, 5) is 2.47. The monoisotopic (exact) mass is 262 g/mol. The van der Waals surface area contributed by atoms with Gasteiger partial charge in [-0.15, -0.1) is 0 Å². The molecule has 0 bridgehead atoms.